The quantitative estimate of drug-likeness (QED) is 0.0863. The number of aromatic amines is 1. The summed E-state index contributed by atoms with van der Waals surface area (Å²) in [5.74, 6) is -6.21. The van der Waals surface area contributed by atoms with E-state index in [1.54, 1.807) is 0 Å². The molecular formula is C20H30N10O9. The third kappa shape index (κ3) is 14.9. The van der Waals surface area contributed by atoms with Gasteiger partial charge in [0.2, 0.25) is 41.4 Å². The van der Waals surface area contributed by atoms with E-state index in [9.17, 15) is 38.4 Å². The summed E-state index contributed by atoms with van der Waals surface area (Å²) in [5, 5.41) is 24.2. The molecule has 0 fully saturated rings. The Morgan fingerprint density at radius 1 is 0.718 bits per heavy atom. The van der Waals surface area contributed by atoms with Gasteiger partial charge in [-0.1, -0.05) is 0 Å². The highest BCUT2D eigenvalue weighted by Crippen LogP contribution is 1.99. The second-order valence-electron chi connectivity index (χ2n) is 7.60. The summed E-state index contributed by atoms with van der Waals surface area (Å²) in [6, 6.07) is -1.18. The van der Waals surface area contributed by atoms with Crippen LogP contribution >= 0.6 is 0 Å². The number of amides is 7. The van der Waals surface area contributed by atoms with E-state index < -0.39 is 86.1 Å². The van der Waals surface area contributed by atoms with Gasteiger partial charge in [0.25, 0.3) is 0 Å². The first-order valence-corrected chi connectivity index (χ1v) is 11.3. The predicted molar refractivity (Wildman–Crippen MR) is 129 cm³/mol. The summed E-state index contributed by atoms with van der Waals surface area (Å²) < 4.78 is 0. The van der Waals surface area contributed by atoms with Crippen molar-refractivity contribution in [2.75, 3.05) is 45.8 Å². The molecule has 1 aromatic rings. The molecule has 1 rings (SSSR count). The highest BCUT2D eigenvalue weighted by atomic mass is 16.4. The zero-order valence-corrected chi connectivity index (χ0v) is 20.6. The number of hydrogen-bond acceptors (Lipinski definition) is 10. The molecule has 0 aliphatic heterocycles. The Morgan fingerprint density at radius 2 is 1.18 bits per heavy atom. The highest BCUT2D eigenvalue weighted by molar-refractivity contribution is 5.93. The van der Waals surface area contributed by atoms with Gasteiger partial charge in [0.1, 0.15) is 12.6 Å². The van der Waals surface area contributed by atoms with Gasteiger partial charge in [0, 0.05) is 18.3 Å². The minimum absolute atomic E-state index is 0.0417. The van der Waals surface area contributed by atoms with Crippen LogP contribution in [0.25, 0.3) is 0 Å². The maximum atomic E-state index is 12.5. The van der Waals surface area contributed by atoms with E-state index in [-0.39, 0.29) is 19.5 Å². The summed E-state index contributed by atoms with van der Waals surface area (Å²) >= 11 is 0. The lowest BCUT2D eigenvalue weighted by atomic mass is 10.1. The van der Waals surface area contributed by atoms with Crippen molar-refractivity contribution in [2.24, 2.45) is 5.73 Å². The first-order chi connectivity index (χ1) is 18.5. The second kappa shape index (κ2) is 17.4. The number of imidazole rings is 1. The van der Waals surface area contributed by atoms with Gasteiger partial charge in [-0.05, 0) is 0 Å². The van der Waals surface area contributed by atoms with Crippen molar-refractivity contribution in [3.05, 3.63) is 18.2 Å². The molecule has 0 spiro atoms. The molecule has 39 heavy (non-hydrogen) atoms. The van der Waals surface area contributed by atoms with Crippen molar-refractivity contribution < 1.29 is 43.5 Å². The number of aromatic nitrogens is 2. The molecule has 0 radical (unpaired) electrons. The lowest BCUT2D eigenvalue weighted by Crippen LogP contribution is -2.52. The van der Waals surface area contributed by atoms with Crippen LogP contribution in [0.1, 0.15) is 5.69 Å². The number of hydrogen-bond donors (Lipinski definition) is 10. The molecule has 0 saturated heterocycles. The molecule has 0 aliphatic rings. The molecule has 0 unspecified atom stereocenters. The normalized spacial score (nSPS) is 10.8. The van der Waals surface area contributed by atoms with Crippen LogP contribution in [0.15, 0.2) is 12.5 Å². The highest BCUT2D eigenvalue weighted by Gasteiger charge is 2.23. The lowest BCUT2D eigenvalue weighted by Gasteiger charge is -2.18. The number of carboxylic acids is 1. The molecule has 214 valence electrons. The average Bonchev–Trinajstić information content (AvgIpc) is 3.42. The first kappa shape index (κ1) is 32.0. The van der Waals surface area contributed by atoms with E-state index in [1.165, 1.54) is 12.5 Å². The van der Waals surface area contributed by atoms with Crippen LogP contribution in [0.3, 0.4) is 0 Å². The zero-order valence-electron chi connectivity index (χ0n) is 20.6. The fourth-order valence-corrected chi connectivity index (χ4v) is 2.57. The standard InChI is InChI=1S/C20H30N10O9/c21-2-13(31)23-4-14(32)24-5-15(33)25-6-16(34)26-8-18(36)30-12(1-11-3-22-10-29-11)20(39)28-7-17(35)27-9-19(37)38/h3,10,12H,1-2,4-9,21H2,(H,22,29)(H,23,31)(H,24,32)(H,25,33)(H,26,34)(H,27,35)(H,28,39)(H,30,36)(H,37,38)/t12-/m0/s1. The average molecular weight is 555 g/mol. The van der Waals surface area contributed by atoms with Crippen molar-refractivity contribution in [2.45, 2.75) is 12.5 Å². The van der Waals surface area contributed by atoms with Crippen molar-refractivity contribution in [3.63, 3.8) is 0 Å². The fourth-order valence-electron chi connectivity index (χ4n) is 2.57. The fraction of sp³-hybridized carbons (Fsp3) is 0.450. The van der Waals surface area contributed by atoms with Crippen LogP contribution in [0.2, 0.25) is 0 Å². The predicted octanol–water partition coefficient (Wildman–Crippen LogP) is -6.82. The second-order valence-corrected chi connectivity index (χ2v) is 7.60. The summed E-state index contributed by atoms with van der Waals surface area (Å²) in [4.78, 5) is 99.7. The number of H-pyrrole nitrogens is 1. The number of carboxylic acid groups (broad SMARTS) is 1. The third-order valence-corrected chi connectivity index (χ3v) is 4.46. The molecule has 0 aliphatic carbocycles. The van der Waals surface area contributed by atoms with Crippen LogP contribution in [0.4, 0.5) is 0 Å². The molecule has 1 aromatic heterocycles. The van der Waals surface area contributed by atoms with Crippen LogP contribution < -0.4 is 43.0 Å². The number of nitrogens with one attached hydrogen (secondary N) is 8. The van der Waals surface area contributed by atoms with Gasteiger partial charge in [-0.15, -0.1) is 0 Å². The van der Waals surface area contributed by atoms with Crippen LogP contribution in [-0.2, 0) is 44.8 Å². The molecular weight excluding hydrogens is 524 g/mol. The number of carbonyl (C=O) groups is 8. The van der Waals surface area contributed by atoms with Crippen LogP contribution in [0, 0.1) is 0 Å². The Labute approximate surface area is 220 Å². The van der Waals surface area contributed by atoms with Gasteiger partial charge in [0.05, 0.1) is 45.6 Å². The van der Waals surface area contributed by atoms with E-state index in [4.69, 9.17) is 10.8 Å². The number of nitrogens with two attached hydrogens (primary N) is 1. The Hall–Kier alpha value is -5.07. The molecule has 0 bridgehead atoms. The summed E-state index contributed by atoms with van der Waals surface area (Å²) in [7, 11) is 0. The van der Waals surface area contributed by atoms with Crippen LogP contribution in [-0.4, -0.2) is 114 Å². The largest absolute Gasteiger partial charge is 0.480 e. The Kier molecular flexibility index (Phi) is 14.3. The van der Waals surface area contributed by atoms with E-state index in [0.717, 1.165) is 0 Å². The first-order valence-electron chi connectivity index (χ1n) is 11.3. The van der Waals surface area contributed by atoms with Crippen molar-refractivity contribution in [1.29, 1.82) is 0 Å². The molecule has 7 amide bonds. The maximum Gasteiger partial charge on any atom is 0.322 e. The monoisotopic (exact) mass is 554 g/mol. The third-order valence-electron chi connectivity index (χ3n) is 4.46. The van der Waals surface area contributed by atoms with Gasteiger partial charge < -0.3 is 53.0 Å². The molecule has 1 heterocycles. The Balaban J connectivity index is 2.44. The summed E-state index contributed by atoms with van der Waals surface area (Å²) in [6.45, 7) is -3.39. The molecule has 19 nitrogen and oxygen atoms in total. The van der Waals surface area contributed by atoms with Crippen molar-refractivity contribution in [1.82, 2.24) is 47.2 Å². The summed E-state index contributed by atoms with van der Waals surface area (Å²) in [5.41, 5.74) is 5.55. The number of aliphatic carboxylic acids is 1. The number of rotatable bonds is 17. The topological polar surface area (TPSA) is 296 Å². The van der Waals surface area contributed by atoms with E-state index in [2.05, 4.69) is 47.2 Å². The van der Waals surface area contributed by atoms with Crippen LogP contribution in [0.5, 0.6) is 0 Å². The maximum absolute atomic E-state index is 12.5. The zero-order chi connectivity index (χ0) is 29.2. The van der Waals surface area contributed by atoms with E-state index >= 15 is 0 Å². The lowest BCUT2D eigenvalue weighted by molar-refractivity contribution is -0.138. The van der Waals surface area contributed by atoms with Gasteiger partial charge in [-0.2, -0.15) is 0 Å². The molecule has 0 aromatic carbocycles. The SMILES string of the molecule is NCC(=O)NCC(=O)NCC(=O)NCC(=O)NCC(=O)N[C@@H](Cc1cnc[nH]1)C(=O)NCC(=O)NCC(=O)O. The summed E-state index contributed by atoms with van der Waals surface area (Å²) in [6.07, 6.45) is 2.72. The van der Waals surface area contributed by atoms with Gasteiger partial charge in [-0.3, -0.25) is 38.4 Å². The minimum Gasteiger partial charge on any atom is -0.480 e. The minimum atomic E-state index is -1.27. The van der Waals surface area contributed by atoms with Gasteiger partial charge in [-0.25, -0.2) is 4.98 Å². The smallest absolute Gasteiger partial charge is 0.322 e. The Bertz CT molecular complexity index is 1040. The van der Waals surface area contributed by atoms with E-state index in [1.807, 2.05) is 0 Å². The number of carbonyl (C=O) groups excluding carboxylic acids is 7. The van der Waals surface area contributed by atoms with Gasteiger partial charge >= 0.3 is 5.97 Å². The number of nitrogens with zero attached hydrogens (tertiary/aromatic N) is 1. The van der Waals surface area contributed by atoms with E-state index in [0.29, 0.717) is 5.69 Å². The Morgan fingerprint density at radius 3 is 1.64 bits per heavy atom. The van der Waals surface area contributed by atoms with Crippen molar-refractivity contribution in [3.8, 4) is 0 Å². The van der Waals surface area contributed by atoms with Crippen molar-refractivity contribution >= 4 is 47.3 Å². The molecule has 19 heteroatoms. The molecule has 11 N–H and O–H groups in total. The van der Waals surface area contributed by atoms with Gasteiger partial charge in [0.15, 0.2) is 0 Å². The molecule has 0 saturated carbocycles. The molecule has 1 atom stereocenters.